The van der Waals surface area contributed by atoms with Crippen LogP contribution >= 0.6 is 0 Å². The fourth-order valence-corrected chi connectivity index (χ4v) is 4.85. The molecule has 140 valence electrons. The molecule has 0 aromatic rings. The van der Waals surface area contributed by atoms with Gasteiger partial charge in [-0.2, -0.15) is 0 Å². The monoisotopic (exact) mass is 352 g/mol. The second kappa shape index (κ2) is 7.70. The maximum Gasteiger partial charge on any atom is 0.333 e. The van der Waals surface area contributed by atoms with Crippen molar-refractivity contribution in [1.82, 2.24) is 0 Å². The van der Waals surface area contributed by atoms with Crippen LogP contribution in [0.2, 0.25) is 0 Å². The lowest BCUT2D eigenvalue weighted by Gasteiger charge is -2.61. The van der Waals surface area contributed by atoms with Crippen molar-refractivity contribution in [3.05, 3.63) is 25.3 Å². The molecule has 2 aliphatic rings. The Morgan fingerprint density at radius 2 is 1.32 bits per heavy atom. The summed E-state index contributed by atoms with van der Waals surface area (Å²) < 4.78 is 11.1. The number of rotatable bonds is 6. The predicted molar refractivity (Wildman–Crippen MR) is 91.3 cm³/mol. The van der Waals surface area contributed by atoms with Crippen molar-refractivity contribution in [1.29, 1.82) is 0 Å². The number of hydrogen-bond acceptors (Lipinski definition) is 6. The van der Waals surface area contributed by atoms with Gasteiger partial charge in [-0.1, -0.05) is 32.4 Å². The summed E-state index contributed by atoms with van der Waals surface area (Å²) in [7, 11) is 0. The van der Waals surface area contributed by atoms with Gasteiger partial charge in [-0.15, -0.1) is 0 Å². The van der Waals surface area contributed by atoms with Crippen molar-refractivity contribution in [2.75, 3.05) is 13.2 Å². The lowest BCUT2D eigenvalue weighted by molar-refractivity contribution is -0.331. The summed E-state index contributed by atoms with van der Waals surface area (Å²) in [5.41, 5.74) is -1.72. The van der Waals surface area contributed by atoms with E-state index in [9.17, 15) is 19.8 Å². The average Bonchev–Trinajstić information content (AvgIpc) is 2.63. The van der Waals surface area contributed by atoms with Gasteiger partial charge in [0.05, 0.1) is 18.6 Å². The summed E-state index contributed by atoms with van der Waals surface area (Å²) in [6.45, 7) is 5.91. The molecule has 2 rings (SSSR count). The molecule has 0 heterocycles. The minimum absolute atomic E-state index is 0.217. The Bertz CT molecular complexity index is 501. The third-order valence-corrected chi connectivity index (χ3v) is 6.12. The third kappa shape index (κ3) is 3.13. The fourth-order valence-electron chi connectivity index (χ4n) is 4.85. The SMILES string of the molecule is C=CC(=O)OC1(OC(=O)C=C)CCCC2(CCCCC2)C1(CO)CO. The molecule has 2 N–H and O–H groups in total. The van der Waals surface area contributed by atoms with E-state index in [1.807, 2.05) is 0 Å². The number of esters is 2. The van der Waals surface area contributed by atoms with E-state index in [0.29, 0.717) is 6.42 Å². The first-order valence-corrected chi connectivity index (χ1v) is 8.87. The molecule has 6 heteroatoms. The van der Waals surface area contributed by atoms with Gasteiger partial charge in [0, 0.05) is 18.6 Å². The molecule has 0 bridgehead atoms. The number of carbonyl (C=O) groups is 2. The highest BCUT2D eigenvalue weighted by Gasteiger charge is 2.68. The lowest BCUT2D eigenvalue weighted by Crippen LogP contribution is -2.68. The molecule has 0 unspecified atom stereocenters. The van der Waals surface area contributed by atoms with Crippen LogP contribution in [0.5, 0.6) is 0 Å². The highest BCUT2D eigenvalue weighted by atomic mass is 16.7. The molecular formula is C19H28O6. The summed E-state index contributed by atoms with van der Waals surface area (Å²) in [6, 6.07) is 0. The molecule has 1 spiro atoms. The van der Waals surface area contributed by atoms with Crippen LogP contribution in [0.3, 0.4) is 0 Å². The van der Waals surface area contributed by atoms with Crippen LogP contribution in [0.25, 0.3) is 0 Å². The van der Waals surface area contributed by atoms with Gasteiger partial charge in [0.25, 0.3) is 5.79 Å². The van der Waals surface area contributed by atoms with Crippen molar-refractivity contribution >= 4 is 11.9 Å². The average molecular weight is 352 g/mol. The van der Waals surface area contributed by atoms with Gasteiger partial charge in [-0.25, -0.2) is 9.59 Å². The molecule has 25 heavy (non-hydrogen) atoms. The van der Waals surface area contributed by atoms with Crippen molar-refractivity contribution in [3.8, 4) is 0 Å². The fraction of sp³-hybridized carbons (Fsp3) is 0.684. The summed E-state index contributed by atoms with van der Waals surface area (Å²) in [4.78, 5) is 24.1. The van der Waals surface area contributed by atoms with Gasteiger partial charge < -0.3 is 19.7 Å². The maximum absolute atomic E-state index is 12.0. The normalized spacial score (nSPS) is 23.4. The first-order valence-electron chi connectivity index (χ1n) is 8.87. The van der Waals surface area contributed by atoms with E-state index in [1.54, 1.807) is 0 Å². The number of carbonyl (C=O) groups excluding carboxylic acids is 2. The van der Waals surface area contributed by atoms with Crippen LogP contribution in [-0.2, 0) is 19.1 Å². The van der Waals surface area contributed by atoms with Gasteiger partial charge in [-0.3, -0.25) is 0 Å². The Hall–Kier alpha value is -1.66. The highest BCUT2D eigenvalue weighted by Crippen LogP contribution is 2.63. The van der Waals surface area contributed by atoms with Gasteiger partial charge in [0.15, 0.2) is 0 Å². The molecule has 0 aromatic heterocycles. The zero-order valence-corrected chi connectivity index (χ0v) is 14.7. The van der Waals surface area contributed by atoms with Crippen LogP contribution in [0.1, 0.15) is 51.4 Å². The van der Waals surface area contributed by atoms with Gasteiger partial charge in [-0.05, 0) is 31.1 Å². The molecule has 0 saturated heterocycles. The Kier molecular flexibility index (Phi) is 6.06. The van der Waals surface area contributed by atoms with Gasteiger partial charge in [0.1, 0.15) is 0 Å². The van der Waals surface area contributed by atoms with E-state index in [0.717, 1.165) is 50.7 Å². The van der Waals surface area contributed by atoms with Crippen LogP contribution in [0, 0.1) is 10.8 Å². The summed E-state index contributed by atoms with van der Waals surface area (Å²) in [5, 5.41) is 20.7. The number of ether oxygens (including phenoxy) is 2. The highest BCUT2D eigenvalue weighted by molar-refractivity contribution is 5.83. The minimum Gasteiger partial charge on any atom is -0.418 e. The molecule has 6 nitrogen and oxygen atoms in total. The Labute approximate surface area is 148 Å². The zero-order chi connectivity index (χ0) is 18.6. The van der Waals surface area contributed by atoms with Gasteiger partial charge >= 0.3 is 11.9 Å². The first kappa shape index (κ1) is 19.7. The minimum atomic E-state index is -1.73. The molecule has 2 saturated carbocycles. The largest absolute Gasteiger partial charge is 0.418 e. The summed E-state index contributed by atoms with van der Waals surface area (Å²) in [6.07, 6.45) is 8.22. The number of aliphatic hydroxyl groups excluding tert-OH is 2. The van der Waals surface area contributed by atoms with E-state index in [2.05, 4.69) is 13.2 Å². The van der Waals surface area contributed by atoms with Crippen molar-refractivity contribution in [2.45, 2.75) is 57.2 Å². The van der Waals surface area contributed by atoms with Gasteiger partial charge in [0.2, 0.25) is 0 Å². The maximum atomic E-state index is 12.0. The second-order valence-electron chi connectivity index (χ2n) is 7.10. The Morgan fingerprint density at radius 1 is 0.840 bits per heavy atom. The summed E-state index contributed by atoms with van der Waals surface area (Å²) in [5.74, 6) is -3.24. The molecular weight excluding hydrogens is 324 g/mol. The van der Waals surface area contributed by atoms with Crippen LogP contribution in [0.15, 0.2) is 25.3 Å². The third-order valence-electron chi connectivity index (χ3n) is 6.12. The van der Waals surface area contributed by atoms with E-state index >= 15 is 0 Å². The lowest BCUT2D eigenvalue weighted by atomic mass is 9.49. The number of hydrogen-bond donors (Lipinski definition) is 2. The van der Waals surface area contributed by atoms with Crippen molar-refractivity contribution < 1.29 is 29.3 Å². The topological polar surface area (TPSA) is 93.1 Å². The summed E-state index contributed by atoms with van der Waals surface area (Å²) >= 11 is 0. The van der Waals surface area contributed by atoms with Crippen LogP contribution in [-0.4, -0.2) is 41.2 Å². The van der Waals surface area contributed by atoms with Crippen molar-refractivity contribution in [3.63, 3.8) is 0 Å². The standard InChI is InChI=1S/C19H28O6/c1-3-15(22)24-19(25-16(23)4-2)12-8-11-17(9-6-5-7-10-17)18(19,13-20)14-21/h3-4,20-21H,1-2,5-14H2. The molecule has 0 aliphatic heterocycles. The smallest absolute Gasteiger partial charge is 0.333 e. The molecule has 0 radical (unpaired) electrons. The number of aliphatic hydroxyl groups is 2. The first-order chi connectivity index (χ1) is 11.9. The predicted octanol–water partition coefficient (Wildman–Crippen LogP) is 2.25. The van der Waals surface area contributed by atoms with E-state index in [-0.39, 0.29) is 6.42 Å². The molecule has 0 amide bonds. The molecule has 0 aromatic carbocycles. The Morgan fingerprint density at radius 3 is 1.76 bits per heavy atom. The quantitative estimate of drug-likeness (QED) is 0.433. The second-order valence-corrected chi connectivity index (χ2v) is 7.10. The van der Waals surface area contributed by atoms with Crippen LogP contribution in [0.4, 0.5) is 0 Å². The van der Waals surface area contributed by atoms with Crippen molar-refractivity contribution in [2.24, 2.45) is 10.8 Å². The van der Waals surface area contributed by atoms with E-state index in [4.69, 9.17) is 9.47 Å². The Balaban J connectivity index is 2.59. The zero-order valence-electron chi connectivity index (χ0n) is 14.7. The molecule has 0 atom stereocenters. The van der Waals surface area contributed by atoms with E-state index in [1.165, 1.54) is 0 Å². The van der Waals surface area contributed by atoms with E-state index < -0.39 is 41.8 Å². The van der Waals surface area contributed by atoms with Crippen LogP contribution < -0.4 is 0 Å². The molecule has 2 aliphatic carbocycles. The molecule has 2 fully saturated rings.